The highest BCUT2D eigenvalue weighted by Crippen LogP contribution is 2.32. The van der Waals surface area contributed by atoms with Crippen LogP contribution in [0, 0.1) is 11.3 Å². The number of aromatic nitrogens is 3. The number of nitriles is 1. The predicted molar refractivity (Wildman–Crippen MR) is 64.6 cm³/mol. The quantitative estimate of drug-likeness (QED) is 0.809. The molecule has 1 heterocycles. The fraction of sp³-hybridized carbons (Fsp3) is 0.182. The van der Waals surface area contributed by atoms with Gasteiger partial charge in [-0.2, -0.15) is 5.26 Å². The molecular weight excluding hydrogens is 236 g/mol. The van der Waals surface area contributed by atoms with Crippen LogP contribution in [0.4, 0.5) is 0 Å². The molecule has 1 atom stereocenters. The van der Waals surface area contributed by atoms with Gasteiger partial charge in [-0.25, -0.2) is 9.89 Å². The second-order valence-electron chi connectivity index (χ2n) is 3.48. The van der Waals surface area contributed by atoms with Crippen molar-refractivity contribution in [2.24, 2.45) is 0 Å². The number of thioether (sulfide) groups is 1. The monoisotopic (exact) mass is 246 g/mol. The van der Waals surface area contributed by atoms with Crippen LogP contribution in [0.5, 0.6) is 0 Å². The van der Waals surface area contributed by atoms with E-state index in [-0.39, 0.29) is 10.9 Å². The Labute approximate surface area is 102 Å². The van der Waals surface area contributed by atoms with Crippen molar-refractivity contribution >= 4 is 11.8 Å². The predicted octanol–water partition coefficient (Wildman–Crippen LogP) is 1.82. The topological polar surface area (TPSA) is 85.3 Å². The van der Waals surface area contributed by atoms with Crippen molar-refractivity contribution in [3.8, 4) is 6.07 Å². The molecule has 1 aromatic carbocycles. The minimum atomic E-state index is -0.314. The minimum Gasteiger partial charge on any atom is -0.284 e. The minimum absolute atomic E-state index is 0.113. The van der Waals surface area contributed by atoms with E-state index in [1.807, 2.05) is 25.1 Å². The van der Waals surface area contributed by atoms with Gasteiger partial charge in [0.2, 0.25) is 0 Å². The standard InChI is InChI=1S/C11H10N4OS/c1-7(17-11-13-10(16)14-15-11)9-4-2-3-8(5-9)6-12/h2-5,7H,1H3,(H2,13,14,15,16)/t7-/m0/s1. The van der Waals surface area contributed by atoms with E-state index in [0.29, 0.717) is 10.7 Å². The summed E-state index contributed by atoms with van der Waals surface area (Å²) < 4.78 is 0. The zero-order valence-electron chi connectivity index (χ0n) is 9.10. The number of hydrogen-bond acceptors (Lipinski definition) is 4. The Morgan fingerprint density at radius 3 is 3.00 bits per heavy atom. The average molecular weight is 246 g/mol. The van der Waals surface area contributed by atoms with E-state index in [1.165, 1.54) is 11.8 Å². The van der Waals surface area contributed by atoms with Crippen LogP contribution in [0.3, 0.4) is 0 Å². The van der Waals surface area contributed by atoms with Gasteiger partial charge >= 0.3 is 5.69 Å². The SMILES string of the molecule is C[C@H](Sc1n[nH]c(=O)[nH]1)c1cccc(C#N)c1. The van der Waals surface area contributed by atoms with Gasteiger partial charge in [-0.15, -0.1) is 5.10 Å². The summed E-state index contributed by atoms with van der Waals surface area (Å²) in [6, 6.07) is 9.49. The number of H-pyrrole nitrogens is 2. The van der Waals surface area contributed by atoms with E-state index in [4.69, 9.17) is 5.26 Å². The number of aromatic amines is 2. The lowest BCUT2D eigenvalue weighted by molar-refractivity contribution is 0.958. The van der Waals surface area contributed by atoms with E-state index in [9.17, 15) is 4.79 Å². The smallest absolute Gasteiger partial charge is 0.284 e. The van der Waals surface area contributed by atoms with E-state index < -0.39 is 0 Å². The van der Waals surface area contributed by atoms with Gasteiger partial charge in [-0.1, -0.05) is 23.9 Å². The van der Waals surface area contributed by atoms with E-state index >= 15 is 0 Å². The number of hydrogen-bond donors (Lipinski definition) is 2. The van der Waals surface area contributed by atoms with Crippen LogP contribution in [-0.2, 0) is 0 Å². The molecule has 0 unspecified atom stereocenters. The van der Waals surface area contributed by atoms with Gasteiger partial charge in [0.15, 0.2) is 5.16 Å². The maximum atomic E-state index is 10.9. The molecule has 0 saturated carbocycles. The first-order valence-corrected chi connectivity index (χ1v) is 5.88. The van der Waals surface area contributed by atoms with Gasteiger partial charge in [-0.05, 0) is 24.6 Å². The highest BCUT2D eigenvalue weighted by molar-refractivity contribution is 7.99. The largest absolute Gasteiger partial charge is 0.341 e. The van der Waals surface area contributed by atoms with Crippen LogP contribution >= 0.6 is 11.8 Å². The van der Waals surface area contributed by atoms with Crippen molar-refractivity contribution in [3.05, 3.63) is 45.9 Å². The van der Waals surface area contributed by atoms with E-state index in [2.05, 4.69) is 21.3 Å². The Bertz CT molecular complexity index is 610. The summed E-state index contributed by atoms with van der Waals surface area (Å²) >= 11 is 1.43. The second kappa shape index (κ2) is 4.89. The molecule has 0 saturated heterocycles. The molecule has 0 spiro atoms. The third kappa shape index (κ3) is 2.77. The molecular formula is C11H10N4OS. The fourth-order valence-corrected chi connectivity index (χ4v) is 2.27. The highest BCUT2D eigenvalue weighted by Gasteiger charge is 2.10. The van der Waals surface area contributed by atoms with Gasteiger partial charge < -0.3 is 0 Å². The summed E-state index contributed by atoms with van der Waals surface area (Å²) in [5.41, 5.74) is 1.34. The molecule has 1 aromatic heterocycles. The lowest BCUT2D eigenvalue weighted by atomic mass is 10.1. The van der Waals surface area contributed by atoms with Crippen molar-refractivity contribution < 1.29 is 0 Å². The second-order valence-corrected chi connectivity index (χ2v) is 4.81. The van der Waals surface area contributed by atoms with Crippen LogP contribution in [0.25, 0.3) is 0 Å². The normalized spacial score (nSPS) is 12.0. The molecule has 17 heavy (non-hydrogen) atoms. The number of nitrogens with zero attached hydrogens (tertiary/aromatic N) is 2. The first-order valence-electron chi connectivity index (χ1n) is 5.00. The van der Waals surface area contributed by atoms with Crippen molar-refractivity contribution in [2.45, 2.75) is 17.3 Å². The third-order valence-electron chi connectivity index (χ3n) is 2.25. The Morgan fingerprint density at radius 1 is 1.53 bits per heavy atom. The van der Waals surface area contributed by atoms with Gasteiger partial charge in [0.05, 0.1) is 11.6 Å². The van der Waals surface area contributed by atoms with Crippen LogP contribution in [0.15, 0.2) is 34.2 Å². The van der Waals surface area contributed by atoms with E-state index in [1.54, 1.807) is 6.07 Å². The maximum absolute atomic E-state index is 10.9. The molecule has 2 aromatic rings. The Morgan fingerprint density at radius 2 is 2.35 bits per heavy atom. The Hall–Kier alpha value is -2.00. The molecule has 0 fully saturated rings. The molecule has 0 bridgehead atoms. The summed E-state index contributed by atoms with van der Waals surface area (Å²) in [5, 5.41) is 15.6. The lowest BCUT2D eigenvalue weighted by Gasteiger charge is -2.09. The highest BCUT2D eigenvalue weighted by atomic mass is 32.2. The van der Waals surface area contributed by atoms with Gasteiger partial charge in [0, 0.05) is 5.25 Å². The summed E-state index contributed by atoms with van der Waals surface area (Å²) in [4.78, 5) is 13.5. The molecule has 2 rings (SSSR count). The zero-order valence-corrected chi connectivity index (χ0v) is 9.91. The van der Waals surface area contributed by atoms with Crippen molar-refractivity contribution in [2.75, 3.05) is 0 Å². The van der Waals surface area contributed by atoms with Gasteiger partial charge in [-0.3, -0.25) is 4.98 Å². The third-order valence-corrected chi connectivity index (χ3v) is 3.30. The van der Waals surface area contributed by atoms with Gasteiger partial charge in [0.1, 0.15) is 0 Å². The van der Waals surface area contributed by atoms with Crippen molar-refractivity contribution in [1.82, 2.24) is 15.2 Å². The zero-order chi connectivity index (χ0) is 12.3. The summed E-state index contributed by atoms with van der Waals surface area (Å²) in [6.07, 6.45) is 0. The van der Waals surface area contributed by atoms with Crippen LogP contribution in [0.2, 0.25) is 0 Å². The maximum Gasteiger partial charge on any atom is 0.341 e. The van der Waals surface area contributed by atoms with Gasteiger partial charge in [0.25, 0.3) is 0 Å². The number of rotatable bonds is 3. The fourth-order valence-electron chi connectivity index (χ4n) is 1.41. The molecule has 0 aliphatic rings. The number of benzene rings is 1. The molecule has 0 aliphatic heterocycles. The Balaban J connectivity index is 2.17. The lowest BCUT2D eigenvalue weighted by Crippen LogP contribution is -2.00. The first-order chi connectivity index (χ1) is 8.19. The van der Waals surface area contributed by atoms with Crippen LogP contribution in [0.1, 0.15) is 23.3 Å². The first kappa shape index (κ1) is 11.5. The van der Waals surface area contributed by atoms with Crippen molar-refractivity contribution in [3.63, 3.8) is 0 Å². The summed E-state index contributed by atoms with van der Waals surface area (Å²) in [6.45, 7) is 1.99. The number of nitrogens with one attached hydrogen (secondary N) is 2. The molecule has 0 amide bonds. The summed E-state index contributed by atoms with van der Waals surface area (Å²) in [5.74, 6) is 0. The molecule has 5 nitrogen and oxygen atoms in total. The molecule has 0 aliphatic carbocycles. The Kier molecular flexibility index (Phi) is 3.30. The molecule has 0 radical (unpaired) electrons. The van der Waals surface area contributed by atoms with Crippen LogP contribution < -0.4 is 5.69 Å². The molecule has 2 N–H and O–H groups in total. The molecule has 86 valence electrons. The van der Waals surface area contributed by atoms with Crippen LogP contribution in [-0.4, -0.2) is 15.2 Å². The van der Waals surface area contributed by atoms with E-state index in [0.717, 1.165) is 5.56 Å². The van der Waals surface area contributed by atoms with Crippen molar-refractivity contribution in [1.29, 1.82) is 5.26 Å². The summed E-state index contributed by atoms with van der Waals surface area (Å²) in [7, 11) is 0. The average Bonchev–Trinajstić information content (AvgIpc) is 2.75. The molecule has 6 heteroatoms.